The molecule has 0 saturated heterocycles. The Morgan fingerprint density at radius 1 is 1.20 bits per heavy atom. The van der Waals surface area contributed by atoms with Crippen LogP contribution in [0.4, 0.5) is 21.9 Å². The minimum atomic E-state index is -0.965. The topological polar surface area (TPSA) is 157 Å². The maximum absolute atomic E-state index is 13.7. The predicted octanol–water partition coefficient (Wildman–Crippen LogP) is 5.71. The van der Waals surface area contributed by atoms with Gasteiger partial charge in [-0.2, -0.15) is 5.26 Å². The summed E-state index contributed by atoms with van der Waals surface area (Å²) in [6, 6.07) is 4.46. The number of Topliss-reactive ketones (excluding diaryl/α,β-unsaturated/α-hetero) is 1. The second-order valence-electron chi connectivity index (χ2n) is 12.7. The average Bonchev–Trinajstić information content (AvgIpc) is 3.56. The van der Waals surface area contributed by atoms with Gasteiger partial charge in [0.05, 0.1) is 28.6 Å². The van der Waals surface area contributed by atoms with E-state index < -0.39 is 23.4 Å². The fourth-order valence-corrected chi connectivity index (χ4v) is 6.77. The summed E-state index contributed by atoms with van der Waals surface area (Å²) in [5, 5.41) is 19.1. The summed E-state index contributed by atoms with van der Waals surface area (Å²) < 4.78 is 0. The molecule has 3 N–H and O–H groups in total. The van der Waals surface area contributed by atoms with Crippen molar-refractivity contribution in [3.8, 4) is 6.07 Å². The number of carbonyl (C=O) groups excluding carboxylic acids is 4. The number of thiophene rings is 1. The van der Waals surface area contributed by atoms with Crippen LogP contribution in [0, 0.1) is 29.6 Å². The number of pyridine rings is 2. The van der Waals surface area contributed by atoms with E-state index in [0.717, 1.165) is 24.1 Å². The number of urea groups is 1. The first-order valence-corrected chi connectivity index (χ1v) is 15.9. The van der Waals surface area contributed by atoms with E-state index >= 15 is 0 Å². The van der Waals surface area contributed by atoms with Crippen molar-refractivity contribution in [3.63, 3.8) is 0 Å². The molecule has 0 unspecified atom stereocenters. The van der Waals surface area contributed by atoms with E-state index in [0.29, 0.717) is 50.9 Å². The zero-order chi connectivity index (χ0) is 32.6. The van der Waals surface area contributed by atoms with Gasteiger partial charge in [0, 0.05) is 29.4 Å². The summed E-state index contributed by atoms with van der Waals surface area (Å²) in [6.45, 7) is 10.9. The van der Waals surface area contributed by atoms with Gasteiger partial charge in [0.1, 0.15) is 27.1 Å². The summed E-state index contributed by atoms with van der Waals surface area (Å²) in [5.74, 6) is -0.686. The van der Waals surface area contributed by atoms with E-state index in [1.165, 1.54) is 24.3 Å². The number of carbonyl (C=O) groups is 4. The lowest BCUT2D eigenvalue weighted by molar-refractivity contribution is -0.122. The number of amides is 4. The maximum atomic E-state index is 13.7. The number of rotatable bonds is 9. The van der Waals surface area contributed by atoms with E-state index in [4.69, 9.17) is 0 Å². The highest BCUT2D eigenvalue weighted by molar-refractivity contribution is 7.21. The van der Waals surface area contributed by atoms with Crippen LogP contribution in [0.5, 0.6) is 0 Å². The minimum absolute atomic E-state index is 0.146. The maximum Gasteiger partial charge on any atom is 0.331 e. The number of anilines is 3. The summed E-state index contributed by atoms with van der Waals surface area (Å²) in [5.41, 5.74) is 2.42. The molecule has 1 fully saturated rings. The molecule has 5 rings (SSSR count). The average molecular weight is 628 g/mol. The van der Waals surface area contributed by atoms with Gasteiger partial charge in [-0.3, -0.25) is 24.3 Å². The number of nitrogens with one attached hydrogen (secondary N) is 3. The Morgan fingerprint density at radius 2 is 1.91 bits per heavy atom. The molecule has 45 heavy (non-hydrogen) atoms. The number of aromatic nitrogens is 2. The van der Waals surface area contributed by atoms with E-state index in [1.54, 1.807) is 37.2 Å². The third kappa shape index (κ3) is 6.31. The fourth-order valence-electron chi connectivity index (χ4n) is 5.75. The molecule has 2 atom stereocenters. The Kier molecular flexibility index (Phi) is 8.76. The summed E-state index contributed by atoms with van der Waals surface area (Å²) in [7, 11) is 0. The Bertz CT molecular complexity index is 1790. The normalized spacial score (nSPS) is 18.1. The van der Waals surface area contributed by atoms with Crippen LogP contribution in [0.2, 0.25) is 0 Å². The zero-order valence-corrected chi connectivity index (χ0v) is 27.1. The van der Waals surface area contributed by atoms with Crippen LogP contribution in [0.1, 0.15) is 74.8 Å². The lowest BCUT2D eigenvalue weighted by Gasteiger charge is -2.29. The van der Waals surface area contributed by atoms with Crippen LogP contribution in [-0.4, -0.2) is 45.7 Å². The molecule has 0 bridgehead atoms. The van der Waals surface area contributed by atoms with Crippen molar-refractivity contribution in [1.82, 2.24) is 20.6 Å². The molecule has 3 aromatic rings. The SMILES string of the molecule is CC(=O)C(C)(C)/C=C(\C#N)C(=O)N[C@H]1CCC[C@H]1NC(=O)c1sc2nccc3c2c1NC(=O)N3c1cnc(CC(C)C)cc1C. The number of allylic oxidation sites excluding steroid dienone is 1. The van der Waals surface area contributed by atoms with Crippen LogP contribution >= 0.6 is 11.3 Å². The van der Waals surface area contributed by atoms with Gasteiger partial charge in [0.2, 0.25) is 0 Å². The van der Waals surface area contributed by atoms with Gasteiger partial charge in [-0.05, 0) is 83.1 Å². The van der Waals surface area contributed by atoms with Crippen molar-refractivity contribution in [1.29, 1.82) is 5.26 Å². The third-order valence-electron chi connectivity index (χ3n) is 8.38. The molecule has 1 saturated carbocycles. The Morgan fingerprint density at radius 3 is 2.56 bits per heavy atom. The molecule has 1 aliphatic heterocycles. The second kappa shape index (κ2) is 12.4. The molecular formula is C33H37N7O4S. The smallest absolute Gasteiger partial charge is 0.331 e. The van der Waals surface area contributed by atoms with Crippen molar-refractivity contribution in [2.24, 2.45) is 11.3 Å². The molecule has 3 aromatic heterocycles. The summed E-state index contributed by atoms with van der Waals surface area (Å²) >= 11 is 1.19. The number of nitriles is 1. The monoisotopic (exact) mass is 627 g/mol. The third-order valence-corrected chi connectivity index (χ3v) is 9.47. The van der Waals surface area contributed by atoms with Crippen LogP contribution in [0.15, 0.2) is 36.2 Å². The van der Waals surface area contributed by atoms with Gasteiger partial charge in [-0.15, -0.1) is 11.3 Å². The molecular weight excluding hydrogens is 590 g/mol. The van der Waals surface area contributed by atoms with Gasteiger partial charge in [0.15, 0.2) is 0 Å². The molecule has 0 aromatic carbocycles. The van der Waals surface area contributed by atoms with Crippen molar-refractivity contribution in [2.45, 2.75) is 79.3 Å². The highest BCUT2D eigenvalue weighted by Crippen LogP contribution is 2.46. The van der Waals surface area contributed by atoms with E-state index in [1.807, 2.05) is 19.1 Å². The quantitative estimate of drug-likeness (QED) is 0.202. The van der Waals surface area contributed by atoms with E-state index in [2.05, 4.69) is 39.8 Å². The molecule has 0 radical (unpaired) electrons. The molecule has 12 heteroatoms. The zero-order valence-electron chi connectivity index (χ0n) is 26.3. The van der Waals surface area contributed by atoms with Crippen LogP contribution in [0.25, 0.3) is 10.2 Å². The molecule has 11 nitrogen and oxygen atoms in total. The Balaban J connectivity index is 1.39. The van der Waals surface area contributed by atoms with Crippen molar-refractivity contribution >= 4 is 62.2 Å². The van der Waals surface area contributed by atoms with Crippen LogP contribution in [0.3, 0.4) is 0 Å². The Hall–Kier alpha value is -4.63. The van der Waals surface area contributed by atoms with Gasteiger partial charge in [-0.25, -0.2) is 9.78 Å². The molecule has 1 aliphatic carbocycles. The number of hydrogen-bond acceptors (Lipinski definition) is 8. The van der Waals surface area contributed by atoms with Gasteiger partial charge in [-0.1, -0.05) is 13.8 Å². The first kappa shape index (κ1) is 31.8. The molecule has 2 aliphatic rings. The lowest BCUT2D eigenvalue weighted by Crippen LogP contribution is -2.49. The highest BCUT2D eigenvalue weighted by Gasteiger charge is 2.36. The summed E-state index contributed by atoms with van der Waals surface area (Å²) in [6.07, 6.45) is 7.56. The van der Waals surface area contributed by atoms with Gasteiger partial charge >= 0.3 is 6.03 Å². The van der Waals surface area contributed by atoms with Gasteiger partial charge < -0.3 is 16.0 Å². The number of ketones is 1. The first-order valence-electron chi connectivity index (χ1n) is 15.0. The van der Waals surface area contributed by atoms with Crippen LogP contribution in [-0.2, 0) is 16.0 Å². The lowest BCUT2D eigenvalue weighted by atomic mass is 9.86. The van der Waals surface area contributed by atoms with Crippen molar-refractivity contribution < 1.29 is 19.2 Å². The fraction of sp³-hybridized carbons (Fsp3) is 0.424. The summed E-state index contributed by atoms with van der Waals surface area (Å²) in [4.78, 5) is 63.8. The molecule has 0 spiro atoms. The van der Waals surface area contributed by atoms with E-state index in [-0.39, 0.29) is 23.3 Å². The van der Waals surface area contributed by atoms with Crippen LogP contribution < -0.4 is 20.9 Å². The molecule has 4 amide bonds. The Labute approximate surface area is 266 Å². The minimum Gasteiger partial charge on any atom is -0.347 e. The number of nitrogens with zero attached hydrogens (tertiary/aromatic N) is 4. The second-order valence-corrected chi connectivity index (χ2v) is 13.7. The van der Waals surface area contributed by atoms with Gasteiger partial charge in [0.25, 0.3) is 11.8 Å². The largest absolute Gasteiger partial charge is 0.347 e. The molecule has 4 heterocycles. The highest BCUT2D eigenvalue weighted by atomic mass is 32.1. The number of aryl methyl sites for hydroxylation is 1. The number of hydrogen-bond donors (Lipinski definition) is 3. The van der Waals surface area contributed by atoms with E-state index in [9.17, 15) is 24.4 Å². The first-order chi connectivity index (χ1) is 21.3. The van der Waals surface area contributed by atoms with Crippen molar-refractivity contribution in [2.75, 3.05) is 10.2 Å². The van der Waals surface area contributed by atoms with Crippen molar-refractivity contribution in [3.05, 3.63) is 52.3 Å². The standard InChI is InChI=1S/C33H37N7O4S/c1-17(2)12-21-13-18(3)25(16-36-21)40-24-10-11-35-31-26(24)27(39-32(40)44)28(45-31)30(43)38-23-9-7-8-22(23)37-29(42)20(15-34)14-33(5,6)19(4)41/h10-11,13-14,16-17,22-23H,7-9,12H2,1-6H3,(H,37,42)(H,38,43)(H,39,44)/b20-14+/t22-,23+/m0/s1. The predicted molar refractivity (Wildman–Crippen MR) is 173 cm³/mol. The molecule has 234 valence electrons.